The van der Waals surface area contributed by atoms with Crippen molar-refractivity contribution in [2.24, 2.45) is 11.8 Å². The maximum atomic E-state index is 11.6. The first-order chi connectivity index (χ1) is 7.58. The molecule has 2 aliphatic rings. The van der Waals surface area contributed by atoms with E-state index in [4.69, 9.17) is 9.84 Å². The van der Waals surface area contributed by atoms with Crippen LogP contribution in [0, 0.1) is 11.8 Å². The highest BCUT2D eigenvalue weighted by molar-refractivity contribution is 5.82. The zero-order valence-corrected chi connectivity index (χ0v) is 9.31. The fourth-order valence-electron chi connectivity index (χ4n) is 2.04. The van der Waals surface area contributed by atoms with E-state index in [1.54, 1.807) is 0 Å². The van der Waals surface area contributed by atoms with E-state index in [-0.39, 0.29) is 5.91 Å². The Morgan fingerprint density at radius 1 is 1.38 bits per heavy atom. The maximum absolute atomic E-state index is 11.6. The van der Waals surface area contributed by atoms with Crippen molar-refractivity contribution in [2.75, 3.05) is 6.54 Å². The molecule has 0 aromatic rings. The van der Waals surface area contributed by atoms with Crippen molar-refractivity contribution in [1.82, 2.24) is 5.32 Å². The van der Waals surface area contributed by atoms with Gasteiger partial charge in [0, 0.05) is 6.54 Å². The quantitative estimate of drug-likeness (QED) is 0.728. The number of hydrogen-bond donors (Lipinski definition) is 2. The summed E-state index contributed by atoms with van der Waals surface area (Å²) in [5, 5.41) is 11.5. The summed E-state index contributed by atoms with van der Waals surface area (Å²) in [4.78, 5) is 22.3. The molecule has 1 saturated heterocycles. The van der Waals surface area contributed by atoms with Gasteiger partial charge in [-0.15, -0.1) is 0 Å². The summed E-state index contributed by atoms with van der Waals surface area (Å²) in [7, 11) is 0. The van der Waals surface area contributed by atoms with Gasteiger partial charge in [0.1, 0.15) is 6.10 Å². The number of aliphatic carboxylic acids is 1. The lowest BCUT2D eigenvalue weighted by Crippen LogP contribution is -2.36. The highest BCUT2D eigenvalue weighted by atomic mass is 16.5. The molecule has 5 heteroatoms. The van der Waals surface area contributed by atoms with Gasteiger partial charge in [-0.3, -0.25) is 4.79 Å². The molecule has 2 fully saturated rings. The molecule has 2 N–H and O–H groups in total. The zero-order valence-electron chi connectivity index (χ0n) is 9.31. The Bertz CT molecular complexity index is 304. The minimum Gasteiger partial charge on any atom is -0.479 e. The molecule has 4 unspecified atom stereocenters. The molecule has 5 nitrogen and oxygen atoms in total. The Labute approximate surface area is 94.2 Å². The molecule has 1 aliphatic carbocycles. The van der Waals surface area contributed by atoms with Crippen LogP contribution in [0.2, 0.25) is 0 Å². The topological polar surface area (TPSA) is 75.6 Å². The smallest absolute Gasteiger partial charge is 0.332 e. The first-order valence-electron chi connectivity index (χ1n) is 5.74. The van der Waals surface area contributed by atoms with Crippen molar-refractivity contribution in [2.45, 2.75) is 38.4 Å². The molecule has 0 aromatic heterocycles. The van der Waals surface area contributed by atoms with Crippen LogP contribution in [0.25, 0.3) is 0 Å². The summed E-state index contributed by atoms with van der Waals surface area (Å²) in [6.45, 7) is 2.85. The maximum Gasteiger partial charge on any atom is 0.332 e. The van der Waals surface area contributed by atoms with E-state index in [2.05, 4.69) is 12.2 Å². The Kier molecular flexibility index (Phi) is 3.14. The summed E-state index contributed by atoms with van der Waals surface area (Å²) in [6, 6.07) is 0. The molecule has 0 spiro atoms. The molecule has 0 aromatic carbocycles. The van der Waals surface area contributed by atoms with Crippen molar-refractivity contribution in [3.8, 4) is 0 Å². The third-order valence-corrected chi connectivity index (χ3v) is 3.40. The second-order valence-electron chi connectivity index (χ2n) is 4.75. The first-order valence-corrected chi connectivity index (χ1v) is 5.74. The molecule has 0 radical (unpaired) electrons. The minimum absolute atomic E-state index is 0.164. The standard InChI is InChI=1S/C11H17NO4/c1-6-4-7(6)5-12-10(13)8-2-3-9(16-8)11(14)15/h6-9H,2-5H2,1H3,(H,12,13)(H,14,15). The molecule has 4 atom stereocenters. The number of amides is 1. The summed E-state index contributed by atoms with van der Waals surface area (Å²) in [5.41, 5.74) is 0. The Balaban J connectivity index is 1.71. The van der Waals surface area contributed by atoms with Crippen molar-refractivity contribution in [3.63, 3.8) is 0 Å². The van der Waals surface area contributed by atoms with Gasteiger partial charge in [-0.05, 0) is 31.1 Å². The lowest BCUT2D eigenvalue weighted by atomic mass is 10.2. The van der Waals surface area contributed by atoms with Gasteiger partial charge < -0.3 is 15.2 Å². The summed E-state index contributed by atoms with van der Waals surface area (Å²) in [6.07, 6.45) is 0.713. The van der Waals surface area contributed by atoms with Crippen LogP contribution >= 0.6 is 0 Å². The second-order valence-corrected chi connectivity index (χ2v) is 4.75. The summed E-state index contributed by atoms with van der Waals surface area (Å²) in [5.74, 6) is 0.158. The average molecular weight is 227 g/mol. The Morgan fingerprint density at radius 3 is 2.50 bits per heavy atom. The highest BCUT2D eigenvalue weighted by Gasteiger charge is 2.36. The molecule has 1 heterocycles. The average Bonchev–Trinajstić information content (AvgIpc) is 2.78. The highest BCUT2D eigenvalue weighted by Crippen LogP contribution is 2.36. The lowest BCUT2D eigenvalue weighted by molar-refractivity contribution is -0.151. The lowest BCUT2D eigenvalue weighted by Gasteiger charge is -2.11. The van der Waals surface area contributed by atoms with E-state index in [0.717, 1.165) is 0 Å². The van der Waals surface area contributed by atoms with E-state index in [1.165, 1.54) is 6.42 Å². The van der Waals surface area contributed by atoms with Crippen LogP contribution in [0.3, 0.4) is 0 Å². The number of nitrogens with one attached hydrogen (secondary N) is 1. The number of carboxylic acid groups (broad SMARTS) is 1. The van der Waals surface area contributed by atoms with Crippen LogP contribution in [0.15, 0.2) is 0 Å². The van der Waals surface area contributed by atoms with Gasteiger partial charge in [0.25, 0.3) is 0 Å². The van der Waals surface area contributed by atoms with Crippen LogP contribution < -0.4 is 5.32 Å². The van der Waals surface area contributed by atoms with Gasteiger partial charge in [-0.25, -0.2) is 4.79 Å². The number of rotatable bonds is 4. The normalized spacial score (nSPS) is 37.1. The van der Waals surface area contributed by atoms with Gasteiger partial charge in [-0.1, -0.05) is 6.92 Å². The monoisotopic (exact) mass is 227 g/mol. The number of hydrogen-bond acceptors (Lipinski definition) is 3. The molecule has 2 rings (SSSR count). The first kappa shape index (κ1) is 11.4. The Hall–Kier alpha value is -1.10. The second kappa shape index (κ2) is 4.41. The Morgan fingerprint density at radius 2 is 2.00 bits per heavy atom. The molecule has 0 bridgehead atoms. The number of carbonyl (C=O) groups is 2. The van der Waals surface area contributed by atoms with Crippen LogP contribution in [0.4, 0.5) is 0 Å². The van der Waals surface area contributed by atoms with E-state index in [1.807, 2.05) is 0 Å². The number of carboxylic acids is 1. The van der Waals surface area contributed by atoms with E-state index >= 15 is 0 Å². The molecular formula is C11H17NO4. The zero-order chi connectivity index (χ0) is 11.7. The van der Waals surface area contributed by atoms with E-state index < -0.39 is 18.2 Å². The summed E-state index contributed by atoms with van der Waals surface area (Å²) < 4.78 is 5.15. The van der Waals surface area contributed by atoms with Crippen LogP contribution in [0.1, 0.15) is 26.2 Å². The van der Waals surface area contributed by atoms with Crippen molar-refractivity contribution in [1.29, 1.82) is 0 Å². The van der Waals surface area contributed by atoms with E-state index in [9.17, 15) is 9.59 Å². The summed E-state index contributed by atoms with van der Waals surface area (Å²) >= 11 is 0. The van der Waals surface area contributed by atoms with Gasteiger partial charge >= 0.3 is 5.97 Å². The van der Waals surface area contributed by atoms with Crippen molar-refractivity contribution >= 4 is 11.9 Å². The van der Waals surface area contributed by atoms with Gasteiger partial charge in [0.2, 0.25) is 5.91 Å². The van der Waals surface area contributed by atoms with E-state index in [0.29, 0.717) is 31.2 Å². The molecule has 1 amide bonds. The van der Waals surface area contributed by atoms with Crippen LogP contribution in [0.5, 0.6) is 0 Å². The molecule has 1 saturated carbocycles. The fourth-order valence-corrected chi connectivity index (χ4v) is 2.04. The number of carbonyl (C=O) groups excluding carboxylic acids is 1. The molecular weight excluding hydrogens is 210 g/mol. The predicted molar refractivity (Wildman–Crippen MR) is 55.8 cm³/mol. The molecule has 90 valence electrons. The number of ether oxygens (including phenoxy) is 1. The molecule has 1 aliphatic heterocycles. The van der Waals surface area contributed by atoms with Gasteiger partial charge in [0.05, 0.1) is 0 Å². The van der Waals surface area contributed by atoms with Crippen LogP contribution in [-0.4, -0.2) is 35.7 Å². The van der Waals surface area contributed by atoms with Crippen LogP contribution in [-0.2, 0) is 14.3 Å². The fraction of sp³-hybridized carbons (Fsp3) is 0.818. The van der Waals surface area contributed by atoms with Crippen molar-refractivity contribution < 1.29 is 19.4 Å². The van der Waals surface area contributed by atoms with Gasteiger partial charge in [-0.2, -0.15) is 0 Å². The minimum atomic E-state index is -0.980. The van der Waals surface area contributed by atoms with Crippen molar-refractivity contribution in [3.05, 3.63) is 0 Å². The molecule has 16 heavy (non-hydrogen) atoms. The largest absolute Gasteiger partial charge is 0.479 e. The third-order valence-electron chi connectivity index (χ3n) is 3.40. The predicted octanol–water partition coefficient (Wildman–Crippen LogP) is 0.391. The van der Waals surface area contributed by atoms with Gasteiger partial charge in [0.15, 0.2) is 6.10 Å². The third kappa shape index (κ3) is 2.52. The SMILES string of the molecule is CC1CC1CNC(=O)C1CCC(C(=O)O)O1.